The van der Waals surface area contributed by atoms with E-state index in [9.17, 15) is 4.79 Å². The molecular weight excluding hydrogens is 350 g/mol. The van der Waals surface area contributed by atoms with Gasteiger partial charge in [-0.05, 0) is 47.7 Å². The van der Waals surface area contributed by atoms with Gasteiger partial charge in [-0.15, -0.1) is 5.10 Å². The molecule has 140 valence electrons. The van der Waals surface area contributed by atoms with Gasteiger partial charge < -0.3 is 9.64 Å². The molecule has 1 aliphatic heterocycles. The van der Waals surface area contributed by atoms with Crippen LogP contribution in [0.5, 0.6) is 5.75 Å². The van der Waals surface area contributed by atoms with Crippen molar-refractivity contribution in [2.75, 3.05) is 20.2 Å². The van der Waals surface area contributed by atoms with Crippen LogP contribution >= 0.6 is 11.8 Å². The molecule has 1 saturated heterocycles. The van der Waals surface area contributed by atoms with Crippen molar-refractivity contribution in [2.45, 2.75) is 37.6 Å². The minimum absolute atomic E-state index is 0.142. The third-order valence-corrected chi connectivity index (χ3v) is 5.59. The summed E-state index contributed by atoms with van der Waals surface area (Å²) in [7, 11) is 1.61. The summed E-state index contributed by atoms with van der Waals surface area (Å²) < 4.78 is 7.01. The van der Waals surface area contributed by atoms with E-state index in [1.165, 1.54) is 18.2 Å². The minimum Gasteiger partial charge on any atom is -0.494 e. The van der Waals surface area contributed by atoms with Gasteiger partial charge in [0.25, 0.3) is 0 Å². The Balaban J connectivity index is 1.75. The van der Waals surface area contributed by atoms with Crippen LogP contribution in [0.4, 0.5) is 0 Å². The molecule has 1 fully saturated rings. The van der Waals surface area contributed by atoms with Gasteiger partial charge in [-0.3, -0.25) is 4.79 Å². The van der Waals surface area contributed by atoms with E-state index in [1.807, 2.05) is 36.1 Å². The zero-order chi connectivity index (χ0) is 18.7. The van der Waals surface area contributed by atoms with E-state index in [2.05, 4.69) is 29.4 Å². The van der Waals surface area contributed by atoms with Crippen molar-refractivity contribution in [3.05, 3.63) is 24.3 Å². The Bertz CT molecular complexity index is 756. The Morgan fingerprint density at radius 2 is 1.96 bits per heavy atom. The monoisotopic (exact) mass is 375 g/mol. The van der Waals surface area contributed by atoms with E-state index >= 15 is 0 Å². The lowest BCUT2D eigenvalue weighted by atomic mass is 9.92. The molecule has 0 bridgehead atoms. The molecule has 0 aliphatic carbocycles. The van der Waals surface area contributed by atoms with Gasteiger partial charge in [-0.1, -0.05) is 37.7 Å². The number of likely N-dealkylation sites (tertiary alicyclic amines) is 1. The zero-order valence-electron chi connectivity index (χ0n) is 15.6. The van der Waals surface area contributed by atoms with Crippen LogP contribution in [0.15, 0.2) is 29.4 Å². The van der Waals surface area contributed by atoms with Crippen LogP contribution in [0.25, 0.3) is 5.69 Å². The standard InChI is InChI=1S/C18H25N5O2S/c1-12-9-13(2)11-22(10-12)17(24)14(3)26-18-19-20-21-23(18)15-7-5-6-8-16(15)25-4/h5-8,12-14H,9-11H2,1-4H3. The molecule has 1 aromatic carbocycles. The highest BCUT2D eigenvalue weighted by Crippen LogP contribution is 2.29. The van der Waals surface area contributed by atoms with E-state index in [4.69, 9.17) is 4.74 Å². The maximum atomic E-state index is 12.9. The molecule has 26 heavy (non-hydrogen) atoms. The molecule has 0 spiro atoms. The molecular formula is C18H25N5O2S. The first-order chi connectivity index (χ1) is 12.5. The normalized spacial score (nSPS) is 21.5. The minimum atomic E-state index is -0.257. The van der Waals surface area contributed by atoms with E-state index in [1.54, 1.807) is 11.8 Å². The molecule has 3 rings (SSSR count). The van der Waals surface area contributed by atoms with Crippen molar-refractivity contribution >= 4 is 17.7 Å². The predicted octanol–water partition coefficient (Wildman–Crippen LogP) is 2.66. The summed E-state index contributed by atoms with van der Waals surface area (Å²) in [5, 5.41) is 12.3. The number of hydrogen-bond donors (Lipinski definition) is 0. The van der Waals surface area contributed by atoms with Gasteiger partial charge in [0.05, 0.1) is 12.4 Å². The van der Waals surface area contributed by atoms with E-state index in [0.29, 0.717) is 22.7 Å². The first-order valence-electron chi connectivity index (χ1n) is 8.86. The average Bonchev–Trinajstić information content (AvgIpc) is 3.08. The maximum Gasteiger partial charge on any atom is 0.235 e. The van der Waals surface area contributed by atoms with Crippen LogP contribution < -0.4 is 4.74 Å². The predicted molar refractivity (Wildman–Crippen MR) is 101 cm³/mol. The lowest BCUT2D eigenvalue weighted by Crippen LogP contribution is -2.45. The number of para-hydroxylation sites is 2. The van der Waals surface area contributed by atoms with E-state index < -0.39 is 0 Å². The number of amides is 1. The van der Waals surface area contributed by atoms with Crippen LogP contribution in [-0.2, 0) is 4.79 Å². The van der Waals surface area contributed by atoms with Crippen molar-refractivity contribution < 1.29 is 9.53 Å². The molecule has 3 unspecified atom stereocenters. The summed E-state index contributed by atoms with van der Waals surface area (Å²) in [6.07, 6.45) is 1.18. The van der Waals surface area contributed by atoms with Crippen molar-refractivity contribution in [3.63, 3.8) is 0 Å². The molecule has 7 nitrogen and oxygen atoms in total. The highest BCUT2D eigenvalue weighted by Gasteiger charge is 2.29. The summed E-state index contributed by atoms with van der Waals surface area (Å²) in [4.78, 5) is 14.9. The van der Waals surface area contributed by atoms with Gasteiger partial charge >= 0.3 is 0 Å². The van der Waals surface area contributed by atoms with Crippen LogP contribution in [0, 0.1) is 11.8 Å². The molecule has 8 heteroatoms. The van der Waals surface area contributed by atoms with Gasteiger partial charge in [0.2, 0.25) is 11.1 Å². The molecule has 0 N–H and O–H groups in total. The molecule has 3 atom stereocenters. The number of thioether (sulfide) groups is 1. The Morgan fingerprint density at radius 1 is 1.27 bits per heavy atom. The summed E-state index contributed by atoms with van der Waals surface area (Å²) in [6.45, 7) is 7.97. The molecule has 1 aliphatic rings. The zero-order valence-corrected chi connectivity index (χ0v) is 16.4. The first kappa shape index (κ1) is 18.7. The third kappa shape index (κ3) is 4.00. The van der Waals surface area contributed by atoms with Gasteiger partial charge in [-0.25, -0.2) is 0 Å². The SMILES string of the molecule is COc1ccccc1-n1nnnc1SC(C)C(=O)N1CC(C)CC(C)C1. The fourth-order valence-corrected chi connectivity index (χ4v) is 4.40. The number of rotatable bonds is 5. The number of benzene rings is 1. The summed E-state index contributed by atoms with van der Waals surface area (Å²) >= 11 is 1.38. The molecule has 1 aromatic heterocycles. The van der Waals surface area contributed by atoms with Crippen LogP contribution in [0.1, 0.15) is 27.2 Å². The largest absolute Gasteiger partial charge is 0.494 e. The number of hydrogen-bond acceptors (Lipinski definition) is 6. The number of tetrazole rings is 1. The lowest BCUT2D eigenvalue weighted by molar-refractivity contribution is -0.132. The highest BCUT2D eigenvalue weighted by atomic mass is 32.2. The van der Waals surface area contributed by atoms with Crippen molar-refractivity contribution in [1.82, 2.24) is 25.1 Å². The summed E-state index contributed by atoms with van der Waals surface area (Å²) in [6, 6.07) is 7.54. The fraction of sp³-hybridized carbons (Fsp3) is 0.556. The lowest BCUT2D eigenvalue weighted by Gasteiger charge is -2.36. The van der Waals surface area contributed by atoms with Crippen LogP contribution in [0.3, 0.4) is 0 Å². The number of carbonyl (C=O) groups excluding carboxylic acids is 1. The van der Waals surface area contributed by atoms with Crippen molar-refractivity contribution in [3.8, 4) is 11.4 Å². The van der Waals surface area contributed by atoms with Crippen molar-refractivity contribution in [1.29, 1.82) is 0 Å². The molecule has 2 aromatic rings. The molecule has 0 radical (unpaired) electrons. The number of nitrogens with zero attached hydrogens (tertiary/aromatic N) is 5. The van der Waals surface area contributed by atoms with Gasteiger partial charge in [0, 0.05) is 13.1 Å². The van der Waals surface area contributed by atoms with Crippen LogP contribution in [0.2, 0.25) is 0 Å². The molecule has 2 heterocycles. The third-order valence-electron chi connectivity index (χ3n) is 4.56. The molecule has 1 amide bonds. The number of piperidine rings is 1. The summed E-state index contributed by atoms with van der Waals surface area (Å²) in [5.74, 6) is 1.90. The van der Waals surface area contributed by atoms with E-state index in [0.717, 1.165) is 18.8 Å². The number of methoxy groups -OCH3 is 1. The Morgan fingerprint density at radius 3 is 2.65 bits per heavy atom. The van der Waals surface area contributed by atoms with Gasteiger partial charge in [0.1, 0.15) is 11.4 Å². The molecule has 0 saturated carbocycles. The number of ether oxygens (including phenoxy) is 1. The first-order valence-corrected chi connectivity index (χ1v) is 9.74. The van der Waals surface area contributed by atoms with Crippen LogP contribution in [-0.4, -0.2) is 56.5 Å². The Hall–Kier alpha value is -2.09. The second kappa shape index (κ2) is 8.07. The Labute approximate surface area is 158 Å². The maximum absolute atomic E-state index is 12.9. The fourth-order valence-electron chi connectivity index (χ4n) is 3.52. The van der Waals surface area contributed by atoms with Gasteiger partial charge in [-0.2, -0.15) is 4.68 Å². The topological polar surface area (TPSA) is 73.1 Å². The quantitative estimate of drug-likeness (QED) is 0.748. The summed E-state index contributed by atoms with van der Waals surface area (Å²) in [5.41, 5.74) is 0.752. The smallest absolute Gasteiger partial charge is 0.235 e. The van der Waals surface area contributed by atoms with Crippen molar-refractivity contribution in [2.24, 2.45) is 11.8 Å². The van der Waals surface area contributed by atoms with E-state index in [-0.39, 0.29) is 11.2 Å². The van der Waals surface area contributed by atoms with Gasteiger partial charge in [0.15, 0.2) is 0 Å². The average molecular weight is 375 g/mol. The Kier molecular flexibility index (Phi) is 5.80. The second-order valence-corrected chi connectivity index (χ2v) is 8.30. The number of carbonyl (C=O) groups is 1. The number of aromatic nitrogens is 4. The highest BCUT2D eigenvalue weighted by molar-refractivity contribution is 8.00. The second-order valence-electron chi connectivity index (χ2n) is 6.99.